The molecule has 1 aromatic heterocycles. The standard InChI is InChI=1S/C18H27N5S.HI/c1-6-19-18(21-12-17-13(2)22-14(3)24-17)20-11-15-7-9-16(10-8-15)23(4)5;/h7-10H,6,11-12H2,1-5H3,(H2,19,20,21);1H. The van der Waals surface area contributed by atoms with Gasteiger partial charge in [0.1, 0.15) is 0 Å². The molecule has 5 nitrogen and oxygen atoms in total. The molecular weight excluding hydrogens is 445 g/mol. The number of thiazole rings is 1. The van der Waals surface area contributed by atoms with Crippen LogP contribution in [0.25, 0.3) is 0 Å². The van der Waals surface area contributed by atoms with Gasteiger partial charge < -0.3 is 15.5 Å². The molecule has 1 heterocycles. The number of aliphatic imine (C=N–C) groups is 1. The summed E-state index contributed by atoms with van der Waals surface area (Å²) in [4.78, 5) is 12.5. The van der Waals surface area contributed by atoms with Gasteiger partial charge in [0.15, 0.2) is 5.96 Å². The summed E-state index contributed by atoms with van der Waals surface area (Å²) in [5, 5.41) is 7.79. The van der Waals surface area contributed by atoms with Crippen molar-refractivity contribution in [1.82, 2.24) is 15.6 Å². The molecule has 1 aromatic carbocycles. The first-order valence-electron chi connectivity index (χ1n) is 8.21. The summed E-state index contributed by atoms with van der Waals surface area (Å²) in [6.45, 7) is 8.42. The SMILES string of the molecule is CCNC(=NCc1ccc(N(C)C)cc1)NCc1sc(C)nc1C.I. The molecule has 0 amide bonds. The van der Waals surface area contributed by atoms with E-state index in [1.54, 1.807) is 11.3 Å². The maximum absolute atomic E-state index is 4.67. The van der Waals surface area contributed by atoms with Crippen LogP contribution < -0.4 is 15.5 Å². The van der Waals surface area contributed by atoms with Crippen LogP contribution in [0.2, 0.25) is 0 Å². The third-order valence-electron chi connectivity index (χ3n) is 3.63. The lowest BCUT2D eigenvalue weighted by atomic mass is 10.2. The van der Waals surface area contributed by atoms with Crippen LogP contribution in [0.4, 0.5) is 5.69 Å². The lowest BCUT2D eigenvalue weighted by Gasteiger charge is -2.13. The Morgan fingerprint density at radius 2 is 1.84 bits per heavy atom. The number of nitrogens with zero attached hydrogens (tertiary/aromatic N) is 3. The molecule has 0 fully saturated rings. The lowest BCUT2D eigenvalue weighted by Crippen LogP contribution is -2.36. The Labute approximate surface area is 172 Å². The van der Waals surface area contributed by atoms with Crippen LogP contribution in [-0.4, -0.2) is 31.6 Å². The summed E-state index contributed by atoms with van der Waals surface area (Å²) in [6.07, 6.45) is 0. The Morgan fingerprint density at radius 1 is 1.16 bits per heavy atom. The average molecular weight is 473 g/mol. The zero-order valence-corrected chi connectivity index (χ0v) is 18.7. The molecule has 2 rings (SSSR count). The van der Waals surface area contributed by atoms with Crippen molar-refractivity contribution in [3.63, 3.8) is 0 Å². The molecule has 0 unspecified atom stereocenters. The molecule has 0 spiro atoms. The molecule has 0 radical (unpaired) electrons. The van der Waals surface area contributed by atoms with Crippen molar-refractivity contribution in [2.75, 3.05) is 25.5 Å². The third-order valence-corrected chi connectivity index (χ3v) is 4.71. The average Bonchev–Trinajstić information content (AvgIpc) is 2.88. The third kappa shape index (κ3) is 6.81. The number of benzene rings is 1. The van der Waals surface area contributed by atoms with Crippen molar-refractivity contribution in [2.24, 2.45) is 4.99 Å². The fourth-order valence-corrected chi connectivity index (χ4v) is 3.19. The minimum atomic E-state index is 0. The summed E-state index contributed by atoms with van der Waals surface area (Å²) in [5.41, 5.74) is 3.49. The van der Waals surface area contributed by atoms with Crippen molar-refractivity contribution in [3.05, 3.63) is 45.4 Å². The molecule has 0 aliphatic carbocycles. The summed E-state index contributed by atoms with van der Waals surface area (Å²) < 4.78 is 0. The van der Waals surface area contributed by atoms with E-state index in [9.17, 15) is 0 Å². The molecule has 0 atom stereocenters. The summed E-state index contributed by atoms with van der Waals surface area (Å²) in [5.74, 6) is 0.833. The molecule has 2 N–H and O–H groups in total. The summed E-state index contributed by atoms with van der Waals surface area (Å²) in [6, 6.07) is 8.49. The van der Waals surface area contributed by atoms with E-state index >= 15 is 0 Å². The fourth-order valence-electron chi connectivity index (χ4n) is 2.31. The molecule has 0 bridgehead atoms. The van der Waals surface area contributed by atoms with E-state index in [0.717, 1.165) is 29.8 Å². The van der Waals surface area contributed by atoms with E-state index in [4.69, 9.17) is 0 Å². The predicted molar refractivity (Wildman–Crippen MR) is 119 cm³/mol. The highest BCUT2D eigenvalue weighted by molar-refractivity contribution is 14.0. The number of aryl methyl sites for hydroxylation is 2. The van der Waals surface area contributed by atoms with Crippen LogP contribution in [0.3, 0.4) is 0 Å². The van der Waals surface area contributed by atoms with Crippen LogP contribution in [-0.2, 0) is 13.1 Å². The van der Waals surface area contributed by atoms with E-state index in [1.165, 1.54) is 16.1 Å². The normalized spacial score (nSPS) is 11.0. The molecule has 138 valence electrons. The van der Waals surface area contributed by atoms with E-state index in [1.807, 2.05) is 21.0 Å². The molecule has 0 aliphatic rings. The second-order valence-electron chi connectivity index (χ2n) is 5.85. The van der Waals surface area contributed by atoms with Crippen molar-refractivity contribution in [2.45, 2.75) is 33.9 Å². The van der Waals surface area contributed by atoms with Gasteiger partial charge in [0.25, 0.3) is 0 Å². The molecular formula is C18H28IN5S. The first-order chi connectivity index (χ1) is 11.5. The largest absolute Gasteiger partial charge is 0.378 e. The van der Waals surface area contributed by atoms with E-state index in [0.29, 0.717) is 6.54 Å². The zero-order chi connectivity index (χ0) is 17.5. The topological polar surface area (TPSA) is 52.6 Å². The molecule has 0 aliphatic heterocycles. The van der Waals surface area contributed by atoms with Crippen molar-refractivity contribution in [1.29, 1.82) is 0 Å². The molecule has 25 heavy (non-hydrogen) atoms. The predicted octanol–water partition coefficient (Wildman–Crippen LogP) is 3.70. The highest BCUT2D eigenvalue weighted by Gasteiger charge is 2.06. The number of aromatic nitrogens is 1. The van der Waals surface area contributed by atoms with Gasteiger partial charge in [-0.25, -0.2) is 9.98 Å². The Hall–Kier alpha value is -1.35. The van der Waals surface area contributed by atoms with E-state index in [-0.39, 0.29) is 24.0 Å². The van der Waals surface area contributed by atoms with Gasteiger partial charge in [-0.2, -0.15) is 0 Å². The zero-order valence-electron chi connectivity index (χ0n) is 15.6. The van der Waals surface area contributed by atoms with Gasteiger partial charge in [-0.15, -0.1) is 35.3 Å². The Balaban J connectivity index is 0.00000312. The minimum Gasteiger partial charge on any atom is -0.378 e. The number of halogens is 1. The lowest BCUT2D eigenvalue weighted by molar-refractivity contribution is 0.819. The monoisotopic (exact) mass is 473 g/mol. The summed E-state index contributed by atoms with van der Waals surface area (Å²) in [7, 11) is 4.09. The number of guanidine groups is 1. The highest BCUT2D eigenvalue weighted by Crippen LogP contribution is 2.16. The smallest absolute Gasteiger partial charge is 0.191 e. The van der Waals surface area contributed by atoms with Crippen molar-refractivity contribution < 1.29 is 0 Å². The molecule has 0 saturated carbocycles. The number of anilines is 1. The van der Waals surface area contributed by atoms with Gasteiger partial charge >= 0.3 is 0 Å². The summed E-state index contributed by atoms with van der Waals surface area (Å²) >= 11 is 1.73. The van der Waals surface area contributed by atoms with Gasteiger partial charge in [0.05, 0.1) is 23.8 Å². The molecule has 0 saturated heterocycles. The first-order valence-corrected chi connectivity index (χ1v) is 9.02. The van der Waals surface area contributed by atoms with Crippen LogP contribution in [0.1, 0.15) is 28.1 Å². The Morgan fingerprint density at radius 3 is 2.36 bits per heavy atom. The minimum absolute atomic E-state index is 0. The van der Waals surface area contributed by atoms with Crippen LogP contribution in [0, 0.1) is 13.8 Å². The van der Waals surface area contributed by atoms with Crippen LogP contribution in [0.5, 0.6) is 0 Å². The highest BCUT2D eigenvalue weighted by atomic mass is 127. The van der Waals surface area contributed by atoms with Gasteiger partial charge in [-0.1, -0.05) is 12.1 Å². The molecule has 2 aromatic rings. The first kappa shape index (κ1) is 21.7. The quantitative estimate of drug-likeness (QED) is 0.382. The van der Waals surface area contributed by atoms with Gasteiger partial charge in [-0.3, -0.25) is 0 Å². The number of hydrogen-bond acceptors (Lipinski definition) is 4. The maximum atomic E-state index is 4.67. The van der Waals surface area contributed by atoms with E-state index in [2.05, 4.69) is 63.6 Å². The number of hydrogen-bond donors (Lipinski definition) is 2. The second kappa shape index (κ2) is 10.6. The Bertz CT molecular complexity index is 679. The van der Waals surface area contributed by atoms with Gasteiger partial charge in [-0.05, 0) is 38.5 Å². The second-order valence-corrected chi connectivity index (χ2v) is 7.14. The fraction of sp³-hybridized carbons (Fsp3) is 0.444. The van der Waals surface area contributed by atoms with E-state index < -0.39 is 0 Å². The number of nitrogens with one attached hydrogen (secondary N) is 2. The number of rotatable bonds is 6. The molecule has 7 heteroatoms. The van der Waals surface area contributed by atoms with Gasteiger partial charge in [0, 0.05) is 31.2 Å². The van der Waals surface area contributed by atoms with Crippen molar-refractivity contribution in [3.8, 4) is 0 Å². The Kier molecular flexibility index (Phi) is 9.20. The van der Waals surface area contributed by atoms with Crippen LogP contribution >= 0.6 is 35.3 Å². The van der Waals surface area contributed by atoms with Crippen molar-refractivity contribution >= 4 is 47.0 Å². The van der Waals surface area contributed by atoms with Crippen LogP contribution in [0.15, 0.2) is 29.3 Å². The maximum Gasteiger partial charge on any atom is 0.191 e. The van der Waals surface area contributed by atoms with Gasteiger partial charge in [0.2, 0.25) is 0 Å².